The van der Waals surface area contributed by atoms with Crippen molar-refractivity contribution in [3.05, 3.63) is 12.2 Å². The lowest BCUT2D eigenvalue weighted by Crippen LogP contribution is -3.00. The molecule has 0 bridgehead atoms. The first kappa shape index (κ1) is 16.1. The van der Waals surface area contributed by atoms with Gasteiger partial charge in [-0.1, -0.05) is 13.5 Å². The van der Waals surface area contributed by atoms with Crippen molar-refractivity contribution in [3.63, 3.8) is 0 Å². The Kier molecular flexibility index (Phi) is 8.06. The van der Waals surface area contributed by atoms with Crippen molar-refractivity contribution in [2.45, 2.75) is 20.3 Å². The molecule has 4 heteroatoms. The first-order valence-corrected chi connectivity index (χ1v) is 4.65. The smallest absolute Gasteiger partial charge is 0.250 e. The van der Waals surface area contributed by atoms with Crippen LogP contribution in [-0.4, -0.2) is 37.7 Å². The van der Waals surface area contributed by atoms with E-state index in [4.69, 9.17) is 0 Å². The molecule has 0 saturated heterocycles. The van der Waals surface area contributed by atoms with Crippen molar-refractivity contribution in [3.8, 4) is 0 Å². The third kappa shape index (κ3) is 7.09. The van der Waals surface area contributed by atoms with Gasteiger partial charge in [0, 0.05) is 5.57 Å². The monoisotopic (exact) mass is 264 g/mol. The minimum Gasteiger partial charge on any atom is -1.00 e. The summed E-state index contributed by atoms with van der Waals surface area (Å²) in [6, 6.07) is 0. The van der Waals surface area contributed by atoms with Crippen LogP contribution >= 0.6 is 0 Å². The van der Waals surface area contributed by atoms with Crippen LogP contribution < -0.4 is 22.3 Å². The summed E-state index contributed by atoms with van der Waals surface area (Å²) in [6.07, 6.45) is 1.12. The highest BCUT2D eigenvalue weighted by Crippen LogP contribution is 1.97. The van der Waals surface area contributed by atoms with Crippen LogP contribution in [0.25, 0.3) is 0 Å². The lowest BCUT2D eigenvalue weighted by atomic mass is 10.3. The van der Waals surface area contributed by atoms with E-state index in [1.165, 1.54) is 0 Å². The van der Waals surface area contributed by atoms with Crippen molar-refractivity contribution in [2.75, 3.05) is 27.3 Å². The Balaban J connectivity index is 0. The largest absolute Gasteiger partial charge is 1.00 e. The van der Waals surface area contributed by atoms with Gasteiger partial charge >= 0.3 is 0 Å². The summed E-state index contributed by atoms with van der Waals surface area (Å²) in [5, 5.41) is 2.84. The zero-order valence-electron chi connectivity index (χ0n) is 9.56. The molecule has 0 rings (SSSR count). The van der Waals surface area contributed by atoms with Crippen molar-refractivity contribution in [1.82, 2.24) is 5.32 Å². The molecule has 0 aromatic rings. The summed E-state index contributed by atoms with van der Waals surface area (Å²) in [5.74, 6) is -0.0534. The van der Waals surface area contributed by atoms with E-state index in [-0.39, 0.29) is 22.9 Å². The fraction of sp³-hybridized carbons (Fsp3) is 0.700. The van der Waals surface area contributed by atoms with Gasteiger partial charge in [0.15, 0.2) is 6.67 Å². The van der Waals surface area contributed by atoms with Crippen LogP contribution in [-0.2, 0) is 4.79 Å². The topological polar surface area (TPSA) is 29.1 Å². The Bertz CT molecular complexity index is 202. The average molecular weight is 265 g/mol. The average Bonchev–Trinajstić information content (AvgIpc) is 2.00. The zero-order chi connectivity index (χ0) is 10.5. The number of rotatable bonds is 5. The van der Waals surface area contributed by atoms with Gasteiger partial charge in [0.25, 0.3) is 5.91 Å². The number of carbonyl (C=O) groups is 1. The van der Waals surface area contributed by atoms with E-state index in [1.54, 1.807) is 6.92 Å². The SMILES string of the molecule is C=C(C)C(=O)NC[N+](C)(C)CCC.[Br-]. The second kappa shape index (κ2) is 7.01. The highest BCUT2D eigenvalue weighted by Gasteiger charge is 2.14. The Morgan fingerprint density at radius 2 is 1.93 bits per heavy atom. The van der Waals surface area contributed by atoms with E-state index < -0.39 is 0 Å². The van der Waals surface area contributed by atoms with E-state index in [9.17, 15) is 4.79 Å². The van der Waals surface area contributed by atoms with E-state index in [0.717, 1.165) is 17.4 Å². The zero-order valence-corrected chi connectivity index (χ0v) is 11.1. The number of nitrogens with one attached hydrogen (secondary N) is 1. The molecule has 0 aliphatic rings. The van der Waals surface area contributed by atoms with Gasteiger partial charge in [0.1, 0.15) is 0 Å². The first-order chi connectivity index (χ1) is 5.89. The van der Waals surface area contributed by atoms with Gasteiger partial charge in [-0.05, 0) is 13.3 Å². The molecule has 0 aromatic carbocycles. The van der Waals surface area contributed by atoms with Crippen LogP contribution in [0.2, 0.25) is 0 Å². The van der Waals surface area contributed by atoms with E-state index in [2.05, 4.69) is 32.9 Å². The molecule has 1 N–H and O–H groups in total. The maximum atomic E-state index is 11.2. The van der Waals surface area contributed by atoms with Gasteiger partial charge in [-0.2, -0.15) is 0 Å². The molecule has 0 saturated carbocycles. The van der Waals surface area contributed by atoms with Crippen LogP contribution in [0.5, 0.6) is 0 Å². The lowest BCUT2D eigenvalue weighted by Gasteiger charge is -2.29. The van der Waals surface area contributed by atoms with Crippen molar-refractivity contribution in [2.24, 2.45) is 0 Å². The predicted molar refractivity (Wildman–Crippen MR) is 55.1 cm³/mol. The minimum atomic E-state index is -0.0534. The summed E-state index contributed by atoms with van der Waals surface area (Å²) >= 11 is 0. The van der Waals surface area contributed by atoms with Gasteiger partial charge in [0.05, 0.1) is 20.6 Å². The number of amides is 1. The summed E-state index contributed by atoms with van der Waals surface area (Å²) in [5.41, 5.74) is 0.566. The van der Waals surface area contributed by atoms with Crippen LogP contribution in [0.4, 0.5) is 0 Å². The van der Waals surface area contributed by atoms with E-state index >= 15 is 0 Å². The van der Waals surface area contributed by atoms with E-state index in [1.807, 2.05) is 0 Å². The molecule has 0 atom stereocenters. The highest BCUT2D eigenvalue weighted by molar-refractivity contribution is 5.91. The normalized spacial score (nSPS) is 10.3. The fourth-order valence-corrected chi connectivity index (χ4v) is 1.12. The third-order valence-corrected chi connectivity index (χ3v) is 1.88. The third-order valence-electron chi connectivity index (χ3n) is 1.88. The number of quaternary nitrogens is 1. The molecule has 0 radical (unpaired) electrons. The number of carbonyl (C=O) groups excluding carboxylic acids is 1. The summed E-state index contributed by atoms with van der Waals surface area (Å²) in [4.78, 5) is 11.2. The molecule has 3 nitrogen and oxygen atoms in total. The molecule has 0 fully saturated rings. The predicted octanol–water partition coefficient (Wildman–Crippen LogP) is -1.87. The highest BCUT2D eigenvalue weighted by atomic mass is 79.9. The number of hydrogen-bond acceptors (Lipinski definition) is 1. The molecule has 0 unspecified atom stereocenters. The molecule has 0 aliphatic heterocycles. The Labute approximate surface area is 97.5 Å². The quantitative estimate of drug-likeness (QED) is 0.352. The molecular weight excluding hydrogens is 244 g/mol. The van der Waals surface area contributed by atoms with Gasteiger partial charge in [-0.15, -0.1) is 0 Å². The second-order valence-electron chi connectivity index (χ2n) is 4.10. The van der Waals surface area contributed by atoms with Crippen LogP contribution in [0, 0.1) is 0 Å². The minimum absolute atomic E-state index is 0. The van der Waals surface area contributed by atoms with Gasteiger partial charge in [0.2, 0.25) is 0 Å². The summed E-state index contributed by atoms with van der Waals surface area (Å²) < 4.78 is 0.815. The number of halogens is 1. The van der Waals surface area contributed by atoms with Crippen molar-refractivity contribution >= 4 is 5.91 Å². The maximum absolute atomic E-state index is 11.2. The van der Waals surface area contributed by atoms with Crippen molar-refractivity contribution in [1.29, 1.82) is 0 Å². The molecule has 1 amide bonds. The van der Waals surface area contributed by atoms with Gasteiger partial charge in [-0.3, -0.25) is 4.79 Å². The number of nitrogens with zero attached hydrogens (tertiary/aromatic N) is 1. The maximum Gasteiger partial charge on any atom is 0.250 e. The van der Waals surface area contributed by atoms with Crippen molar-refractivity contribution < 1.29 is 26.3 Å². The summed E-state index contributed by atoms with van der Waals surface area (Å²) in [7, 11) is 4.20. The molecular formula is C10H21BrN2O. The summed E-state index contributed by atoms with van der Waals surface area (Å²) in [6.45, 7) is 9.17. The lowest BCUT2D eigenvalue weighted by molar-refractivity contribution is -0.892. The first-order valence-electron chi connectivity index (χ1n) is 4.65. The standard InChI is InChI=1S/C10H20N2O.BrH/c1-6-7-12(4,5)8-11-10(13)9(2)3;/h2,6-8H2,1,3-5H3;1H. The Morgan fingerprint density at radius 3 is 2.29 bits per heavy atom. The van der Waals surface area contributed by atoms with Crippen LogP contribution in [0.1, 0.15) is 20.3 Å². The van der Waals surface area contributed by atoms with Crippen LogP contribution in [0.15, 0.2) is 12.2 Å². The number of hydrogen-bond donors (Lipinski definition) is 1. The molecule has 14 heavy (non-hydrogen) atoms. The molecule has 0 aromatic heterocycles. The van der Waals surface area contributed by atoms with Crippen LogP contribution in [0.3, 0.4) is 0 Å². The van der Waals surface area contributed by atoms with E-state index in [0.29, 0.717) is 12.2 Å². The molecule has 0 aliphatic carbocycles. The second-order valence-corrected chi connectivity index (χ2v) is 4.10. The Morgan fingerprint density at radius 1 is 1.43 bits per heavy atom. The molecule has 0 heterocycles. The fourth-order valence-electron chi connectivity index (χ4n) is 1.12. The Hall–Kier alpha value is -0.350. The van der Waals surface area contributed by atoms with Gasteiger partial charge < -0.3 is 26.8 Å². The van der Waals surface area contributed by atoms with Gasteiger partial charge in [-0.25, -0.2) is 0 Å². The molecule has 84 valence electrons. The molecule has 0 spiro atoms.